The van der Waals surface area contributed by atoms with Gasteiger partial charge in [0.05, 0.1) is 6.10 Å². The number of allylic oxidation sites excluding steroid dienone is 1. The molecule has 0 saturated heterocycles. The summed E-state index contributed by atoms with van der Waals surface area (Å²) in [5.41, 5.74) is 1.09. The van der Waals surface area contributed by atoms with Gasteiger partial charge in [0.25, 0.3) is 0 Å². The second-order valence-corrected chi connectivity index (χ2v) is 5.01. The van der Waals surface area contributed by atoms with Crippen LogP contribution in [0.1, 0.15) is 19.8 Å². The third-order valence-corrected chi connectivity index (χ3v) is 3.32. The molecule has 1 aromatic carbocycles. The molecule has 3 heteroatoms. The normalized spacial score (nSPS) is 12.4. The first-order valence-electron chi connectivity index (χ1n) is 5.28. The van der Waals surface area contributed by atoms with Crippen molar-refractivity contribution in [3.63, 3.8) is 0 Å². The van der Waals surface area contributed by atoms with Gasteiger partial charge >= 0.3 is 0 Å². The van der Waals surface area contributed by atoms with Crippen LogP contribution in [0.4, 0.5) is 4.39 Å². The molecule has 0 aromatic heterocycles. The Morgan fingerprint density at radius 1 is 1.44 bits per heavy atom. The third-order valence-electron chi connectivity index (χ3n) is 2.16. The maximum Gasteiger partial charge on any atom is 0.123 e. The van der Waals surface area contributed by atoms with Gasteiger partial charge in [-0.1, -0.05) is 5.57 Å². The molecule has 0 aliphatic rings. The first-order valence-corrected chi connectivity index (χ1v) is 6.27. The molecule has 16 heavy (non-hydrogen) atoms. The Hall–Kier alpha value is -0.800. The third kappa shape index (κ3) is 5.33. The molecule has 0 amide bonds. The highest BCUT2D eigenvalue weighted by atomic mass is 32.2. The van der Waals surface area contributed by atoms with Gasteiger partial charge in [-0.25, -0.2) is 4.39 Å². The molecule has 1 nitrogen and oxygen atoms in total. The van der Waals surface area contributed by atoms with Crippen molar-refractivity contribution in [1.82, 2.24) is 0 Å². The van der Waals surface area contributed by atoms with Gasteiger partial charge in [-0.3, -0.25) is 0 Å². The van der Waals surface area contributed by atoms with Gasteiger partial charge in [0.2, 0.25) is 0 Å². The van der Waals surface area contributed by atoms with E-state index in [1.807, 2.05) is 6.92 Å². The smallest absolute Gasteiger partial charge is 0.123 e. The van der Waals surface area contributed by atoms with Gasteiger partial charge < -0.3 is 5.11 Å². The fourth-order valence-electron chi connectivity index (χ4n) is 1.22. The monoisotopic (exact) mass is 240 g/mol. The fourth-order valence-corrected chi connectivity index (χ4v) is 2.10. The Balaban J connectivity index is 2.28. The van der Waals surface area contributed by atoms with Crippen LogP contribution >= 0.6 is 11.8 Å². The van der Waals surface area contributed by atoms with Crippen LogP contribution in [0.2, 0.25) is 0 Å². The van der Waals surface area contributed by atoms with Crippen molar-refractivity contribution in [3.8, 4) is 0 Å². The lowest BCUT2D eigenvalue weighted by atomic mass is 10.1. The highest BCUT2D eigenvalue weighted by Gasteiger charge is 2.05. The second-order valence-electron chi connectivity index (χ2n) is 3.91. The molecule has 1 rings (SSSR count). The quantitative estimate of drug-likeness (QED) is 0.605. The first-order chi connectivity index (χ1) is 7.58. The van der Waals surface area contributed by atoms with E-state index in [9.17, 15) is 9.50 Å². The minimum atomic E-state index is -0.327. The summed E-state index contributed by atoms with van der Waals surface area (Å²) in [5, 5.41) is 9.68. The van der Waals surface area contributed by atoms with E-state index in [1.165, 1.54) is 12.1 Å². The van der Waals surface area contributed by atoms with Gasteiger partial charge in [-0.2, -0.15) is 0 Å². The number of aliphatic hydroxyl groups is 1. The van der Waals surface area contributed by atoms with Crippen molar-refractivity contribution in [2.45, 2.75) is 30.8 Å². The van der Waals surface area contributed by atoms with E-state index in [1.54, 1.807) is 23.9 Å². The SMILES string of the molecule is C=C(C)CCC(O)CSc1ccc(F)cc1. The van der Waals surface area contributed by atoms with Crippen LogP contribution in [0.3, 0.4) is 0 Å². The molecule has 1 N–H and O–H groups in total. The molecule has 0 fully saturated rings. The van der Waals surface area contributed by atoms with Crippen LogP contribution in [0.15, 0.2) is 41.3 Å². The Kier molecular flexibility index (Phi) is 5.56. The Morgan fingerprint density at radius 2 is 2.06 bits per heavy atom. The molecule has 1 atom stereocenters. The zero-order valence-corrected chi connectivity index (χ0v) is 10.3. The summed E-state index contributed by atoms with van der Waals surface area (Å²) in [4.78, 5) is 0.982. The van der Waals surface area contributed by atoms with Crippen LogP contribution in [0, 0.1) is 5.82 Å². The zero-order valence-electron chi connectivity index (χ0n) is 9.45. The van der Waals surface area contributed by atoms with Gasteiger partial charge in [0.15, 0.2) is 0 Å². The maximum atomic E-state index is 12.6. The average molecular weight is 240 g/mol. The lowest BCUT2D eigenvalue weighted by Crippen LogP contribution is -2.09. The zero-order chi connectivity index (χ0) is 12.0. The largest absolute Gasteiger partial charge is 0.392 e. The summed E-state index contributed by atoms with van der Waals surface area (Å²) in [7, 11) is 0. The molecular formula is C13H17FOS. The number of rotatable bonds is 6. The lowest BCUT2D eigenvalue weighted by Gasteiger charge is -2.09. The molecule has 0 saturated carbocycles. The standard InChI is InChI=1S/C13H17FOS/c1-10(2)3-6-12(15)9-16-13-7-4-11(14)5-8-13/h4-5,7-8,12,15H,1,3,6,9H2,2H3. The van der Waals surface area contributed by atoms with E-state index in [0.717, 1.165) is 23.3 Å². The summed E-state index contributed by atoms with van der Waals surface area (Å²) < 4.78 is 12.6. The number of aliphatic hydroxyl groups excluding tert-OH is 1. The van der Waals surface area contributed by atoms with E-state index in [4.69, 9.17) is 0 Å². The van der Waals surface area contributed by atoms with Crippen molar-refractivity contribution in [1.29, 1.82) is 0 Å². The molecule has 1 unspecified atom stereocenters. The minimum Gasteiger partial charge on any atom is -0.392 e. The molecule has 1 aromatic rings. The van der Waals surface area contributed by atoms with Crippen molar-refractivity contribution in [2.75, 3.05) is 5.75 Å². The van der Waals surface area contributed by atoms with Crippen molar-refractivity contribution in [2.24, 2.45) is 0 Å². The molecule has 0 radical (unpaired) electrons. The number of halogens is 1. The topological polar surface area (TPSA) is 20.2 Å². The molecule has 88 valence electrons. The summed E-state index contributed by atoms with van der Waals surface area (Å²) in [6, 6.07) is 6.32. The molecule has 0 aliphatic carbocycles. The summed E-state index contributed by atoms with van der Waals surface area (Å²) >= 11 is 1.54. The Morgan fingerprint density at radius 3 is 2.62 bits per heavy atom. The first kappa shape index (κ1) is 13.3. The van der Waals surface area contributed by atoms with Crippen molar-refractivity contribution >= 4 is 11.8 Å². The van der Waals surface area contributed by atoms with Crippen LogP contribution in [0.5, 0.6) is 0 Å². The summed E-state index contributed by atoms with van der Waals surface area (Å²) in [6.45, 7) is 5.75. The Bertz CT molecular complexity index is 334. The summed E-state index contributed by atoms with van der Waals surface area (Å²) in [5.74, 6) is 0.408. The van der Waals surface area contributed by atoms with Crippen LogP contribution in [0.25, 0.3) is 0 Å². The highest BCUT2D eigenvalue weighted by molar-refractivity contribution is 7.99. The maximum absolute atomic E-state index is 12.6. The fraction of sp³-hybridized carbons (Fsp3) is 0.385. The van der Waals surface area contributed by atoms with E-state index in [-0.39, 0.29) is 11.9 Å². The van der Waals surface area contributed by atoms with E-state index in [0.29, 0.717) is 5.75 Å². The average Bonchev–Trinajstić information content (AvgIpc) is 2.25. The lowest BCUT2D eigenvalue weighted by molar-refractivity contribution is 0.189. The van der Waals surface area contributed by atoms with Gasteiger partial charge in [0, 0.05) is 10.6 Å². The highest BCUT2D eigenvalue weighted by Crippen LogP contribution is 2.20. The molecule has 0 bridgehead atoms. The van der Waals surface area contributed by atoms with Crippen LogP contribution in [-0.4, -0.2) is 17.0 Å². The molecule has 0 spiro atoms. The molecular weight excluding hydrogens is 223 g/mol. The van der Waals surface area contributed by atoms with Gasteiger partial charge in [-0.15, -0.1) is 18.3 Å². The predicted molar refractivity (Wildman–Crippen MR) is 67.2 cm³/mol. The van der Waals surface area contributed by atoms with Gasteiger partial charge in [0.1, 0.15) is 5.82 Å². The number of hydrogen-bond acceptors (Lipinski definition) is 2. The number of hydrogen-bond donors (Lipinski definition) is 1. The minimum absolute atomic E-state index is 0.229. The van der Waals surface area contributed by atoms with Crippen molar-refractivity contribution in [3.05, 3.63) is 42.2 Å². The number of thioether (sulfide) groups is 1. The van der Waals surface area contributed by atoms with E-state index in [2.05, 4.69) is 6.58 Å². The Labute approximate surface area is 100 Å². The van der Waals surface area contributed by atoms with Crippen LogP contribution in [-0.2, 0) is 0 Å². The summed E-state index contributed by atoms with van der Waals surface area (Å²) in [6.07, 6.45) is 1.26. The molecule has 0 aliphatic heterocycles. The number of benzene rings is 1. The van der Waals surface area contributed by atoms with E-state index >= 15 is 0 Å². The van der Waals surface area contributed by atoms with Crippen LogP contribution < -0.4 is 0 Å². The second kappa shape index (κ2) is 6.71. The van der Waals surface area contributed by atoms with E-state index < -0.39 is 0 Å². The molecule has 0 heterocycles. The van der Waals surface area contributed by atoms with Gasteiger partial charge in [-0.05, 0) is 44.0 Å². The van der Waals surface area contributed by atoms with Crippen molar-refractivity contribution < 1.29 is 9.50 Å². The predicted octanol–water partition coefficient (Wildman–Crippen LogP) is 3.64.